The lowest BCUT2D eigenvalue weighted by Crippen LogP contribution is -2.16. The fourth-order valence-corrected chi connectivity index (χ4v) is 2.60. The average molecular weight is 319 g/mol. The van der Waals surface area contributed by atoms with Gasteiger partial charge in [-0.05, 0) is 36.2 Å². The number of nitrogens with zero attached hydrogens (tertiary/aromatic N) is 1. The summed E-state index contributed by atoms with van der Waals surface area (Å²) in [5.41, 5.74) is 3.91. The van der Waals surface area contributed by atoms with Crippen molar-refractivity contribution in [2.24, 2.45) is 0 Å². The second kappa shape index (κ2) is 7.59. The van der Waals surface area contributed by atoms with Gasteiger partial charge in [0.05, 0.1) is 11.2 Å². The van der Waals surface area contributed by atoms with Gasteiger partial charge in [0.1, 0.15) is 0 Å². The number of amides is 1. The molecule has 0 aliphatic rings. The highest BCUT2D eigenvalue weighted by Crippen LogP contribution is 2.20. The molecular weight excluding hydrogens is 298 g/mol. The Kier molecular flexibility index (Phi) is 5.06. The smallest absolute Gasteiger partial charge is 0.226 e. The van der Waals surface area contributed by atoms with Crippen LogP contribution < -0.4 is 10.6 Å². The Labute approximate surface area is 141 Å². The molecule has 24 heavy (non-hydrogen) atoms. The van der Waals surface area contributed by atoms with Gasteiger partial charge in [0, 0.05) is 30.2 Å². The van der Waals surface area contributed by atoms with Crippen LogP contribution in [0.5, 0.6) is 0 Å². The van der Waals surface area contributed by atoms with E-state index in [0.717, 1.165) is 28.7 Å². The Balaban J connectivity index is 1.55. The number of anilines is 2. The zero-order chi connectivity index (χ0) is 16.8. The topological polar surface area (TPSA) is 54.0 Å². The molecule has 0 unspecified atom stereocenters. The minimum atomic E-state index is -0.0224. The predicted octanol–water partition coefficient (Wildman–Crippen LogP) is 4.24. The van der Waals surface area contributed by atoms with Gasteiger partial charge in [0.25, 0.3) is 0 Å². The largest absolute Gasteiger partial charge is 0.385 e. The number of carbonyl (C=O) groups excluding carboxylic acids is 1. The maximum absolute atomic E-state index is 12.2. The van der Waals surface area contributed by atoms with Crippen molar-refractivity contribution >= 4 is 28.2 Å². The van der Waals surface area contributed by atoms with Crippen LogP contribution in [0.15, 0.2) is 60.8 Å². The van der Waals surface area contributed by atoms with Gasteiger partial charge in [-0.15, -0.1) is 0 Å². The molecule has 4 nitrogen and oxygen atoms in total. The van der Waals surface area contributed by atoms with Crippen LogP contribution in [0.3, 0.4) is 0 Å². The van der Waals surface area contributed by atoms with Crippen LogP contribution in [0.1, 0.15) is 18.9 Å². The van der Waals surface area contributed by atoms with Crippen molar-refractivity contribution in [3.63, 3.8) is 0 Å². The number of aromatic nitrogens is 1. The van der Waals surface area contributed by atoms with Crippen molar-refractivity contribution in [2.75, 3.05) is 17.2 Å². The molecule has 0 aliphatic carbocycles. The summed E-state index contributed by atoms with van der Waals surface area (Å²) in [6.07, 6.45) is 3.17. The number of pyridine rings is 1. The van der Waals surface area contributed by atoms with E-state index in [-0.39, 0.29) is 5.91 Å². The molecule has 0 atom stereocenters. The fourth-order valence-electron chi connectivity index (χ4n) is 2.60. The van der Waals surface area contributed by atoms with Gasteiger partial charge in [-0.1, -0.05) is 37.3 Å². The van der Waals surface area contributed by atoms with E-state index in [1.54, 1.807) is 6.20 Å². The summed E-state index contributed by atoms with van der Waals surface area (Å²) in [5, 5.41) is 7.24. The van der Waals surface area contributed by atoms with Crippen molar-refractivity contribution < 1.29 is 4.79 Å². The molecule has 122 valence electrons. The van der Waals surface area contributed by atoms with Gasteiger partial charge in [-0.2, -0.15) is 0 Å². The molecule has 1 heterocycles. The lowest BCUT2D eigenvalue weighted by Gasteiger charge is -2.09. The number of aryl methyl sites for hydroxylation is 1. The predicted molar refractivity (Wildman–Crippen MR) is 99.3 cm³/mol. The van der Waals surface area contributed by atoms with Gasteiger partial charge >= 0.3 is 0 Å². The molecule has 0 aliphatic heterocycles. The molecule has 0 bridgehead atoms. The van der Waals surface area contributed by atoms with Crippen LogP contribution in [-0.4, -0.2) is 17.4 Å². The summed E-state index contributed by atoms with van der Waals surface area (Å²) >= 11 is 0. The molecule has 0 radical (unpaired) electrons. The molecule has 1 amide bonds. The van der Waals surface area contributed by atoms with Crippen molar-refractivity contribution in [2.45, 2.75) is 19.8 Å². The summed E-state index contributed by atoms with van der Waals surface area (Å²) in [6, 6.07) is 18.0. The first-order valence-corrected chi connectivity index (χ1v) is 8.22. The zero-order valence-corrected chi connectivity index (χ0v) is 13.8. The van der Waals surface area contributed by atoms with E-state index in [0.29, 0.717) is 13.0 Å². The molecule has 3 rings (SSSR count). The zero-order valence-electron chi connectivity index (χ0n) is 13.8. The van der Waals surface area contributed by atoms with Crippen LogP contribution in [0, 0.1) is 0 Å². The van der Waals surface area contributed by atoms with E-state index >= 15 is 0 Å². The highest BCUT2D eigenvalue weighted by Gasteiger charge is 2.06. The minimum Gasteiger partial charge on any atom is -0.385 e. The molecule has 0 saturated carbocycles. The molecule has 1 aromatic heterocycles. The van der Waals surface area contributed by atoms with E-state index in [9.17, 15) is 4.79 Å². The summed E-state index contributed by atoms with van der Waals surface area (Å²) < 4.78 is 0. The highest BCUT2D eigenvalue weighted by atomic mass is 16.1. The first kappa shape index (κ1) is 16.0. The number of rotatable bonds is 6. The van der Waals surface area contributed by atoms with Crippen LogP contribution in [0.25, 0.3) is 10.9 Å². The lowest BCUT2D eigenvalue weighted by molar-refractivity contribution is -0.115. The van der Waals surface area contributed by atoms with Crippen molar-refractivity contribution in [1.29, 1.82) is 0 Å². The first-order chi connectivity index (χ1) is 11.8. The standard InChI is InChI=1S/C20H21N3O/c1-2-15-8-10-17(11-9-15)21-14-12-19(24)23-18-7-3-5-16-6-4-13-22-20(16)18/h3-11,13,21H,2,12,14H2,1H3,(H,23,24). The highest BCUT2D eigenvalue weighted by molar-refractivity contribution is 6.00. The van der Waals surface area contributed by atoms with Gasteiger partial charge in [-0.25, -0.2) is 0 Å². The fraction of sp³-hybridized carbons (Fsp3) is 0.200. The third-order valence-electron chi connectivity index (χ3n) is 3.95. The Morgan fingerprint density at radius 3 is 2.62 bits per heavy atom. The van der Waals surface area contributed by atoms with Gasteiger partial charge in [-0.3, -0.25) is 9.78 Å². The van der Waals surface area contributed by atoms with E-state index in [1.807, 2.05) is 42.5 Å². The third kappa shape index (κ3) is 3.90. The van der Waals surface area contributed by atoms with Crippen molar-refractivity contribution in [3.8, 4) is 0 Å². The number of nitrogens with one attached hydrogen (secondary N) is 2. The summed E-state index contributed by atoms with van der Waals surface area (Å²) in [4.78, 5) is 16.5. The monoisotopic (exact) mass is 319 g/mol. The average Bonchev–Trinajstić information content (AvgIpc) is 2.63. The quantitative estimate of drug-likeness (QED) is 0.714. The van der Waals surface area contributed by atoms with E-state index in [1.165, 1.54) is 5.56 Å². The Morgan fingerprint density at radius 2 is 1.83 bits per heavy atom. The first-order valence-electron chi connectivity index (χ1n) is 8.22. The van der Waals surface area contributed by atoms with Crippen LogP contribution >= 0.6 is 0 Å². The van der Waals surface area contributed by atoms with Crippen molar-refractivity contribution in [1.82, 2.24) is 4.98 Å². The molecule has 4 heteroatoms. The Hall–Kier alpha value is -2.88. The molecule has 3 aromatic rings. The number of carbonyl (C=O) groups is 1. The van der Waals surface area contributed by atoms with Crippen LogP contribution in [0.4, 0.5) is 11.4 Å². The molecule has 0 spiro atoms. The van der Waals surface area contributed by atoms with Crippen molar-refractivity contribution in [3.05, 3.63) is 66.4 Å². The molecule has 0 saturated heterocycles. The van der Waals surface area contributed by atoms with E-state index < -0.39 is 0 Å². The van der Waals surface area contributed by atoms with Crippen LogP contribution in [0.2, 0.25) is 0 Å². The maximum Gasteiger partial charge on any atom is 0.226 e. The molecule has 0 fully saturated rings. The SMILES string of the molecule is CCc1ccc(NCCC(=O)Nc2cccc3cccnc23)cc1. The third-order valence-corrected chi connectivity index (χ3v) is 3.95. The second-order valence-electron chi connectivity index (χ2n) is 5.66. The number of hydrogen-bond donors (Lipinski definition) is 2. The summed E-state index contributed by atoms with van der Waals surface area (Å²) in [6.45, 7) is 2.73. The van der Waals surface area contributed by atoms with Gasteiger partial charge < -0.3 is 10.6 Å². The van der Waals surface area contributed by atoms with E-state index in [4.69, 9.17) is 0 Å². The summed E-state index contributed by atoms with van der Waals surface area (Å²) in [5.74, 6) is -0.0224. The Morgan fingerprint density at radius 1 is 1.04 bits per heavy atom. The number of hydrogen-bond acceptors (Lipinski definition) is 3. The van der Waals surface area contributed by atoms with Gasteiger partial charge in [0.2, 0.25) is 5.91 Å². The molecule has 2 N–H and O–H groups in total. The summed E-state index contributed by atoms with van der Waals surface area (Å²) in [7, 11) is 0. The number of benzene rings is 2. The van der Waals surface area contributed by atoms with Gasteiger partial charge in [0.15, 0.2) is 0 Å². The molecule has 2 aromatic carbocycles. The minimum absolute atomic E-state index is 0.0224. The van der Waals surface area contributed by atoms with E-state index in [2.05, 4.69) is 34.7 Å². The van der Waals surface area contributed by atoms with Crippen LogP contribution in [-0.2, 0) is 11.2 Å². The second-order valence-corrected chi connectivity index (χ2v) is 5.66. The lowest BCUT2D eigenvalue weighted by atomic mass is 10.1. The maximum atomic E-state index is 12.2. The number of fused-ring (bicyclic) bond motifs is 1. The number of para-hydroxylation sites is 1. The Bertz CT molecular complexity index is 822. The molecular formula is C20H21N3O. The normalized spacial score (nSPS) is 10.5.